The fourth-order valence-electron chi connectivity index (χ4n) is 3.65. The third-order valence-corrected chi connectivity index (χ3v) is 7.10. The molecule has 6 nitrogen and oxygen atoms in total. The smallest absolute Gasteiger partial charge is 0.247 e. The van der Waals surface area contributed by atoms with Gasteiger partial charge in [0.05, 0.1) is 10.9 Å². The number of carbonyl (C=O) groups is 1. The number of amides is 1. The lowest BCUT2D eigenvalue weighted by atomic mass is 10.0. The van der Waals surface area contributed by atoms with Crippen LogP contribution in [0.1, 0.15) is 30.0 Å². The molecule has 2 aromatic rings. The van der Waals surface area contributed by atoms with Crippen LogP contribution in [-0.2, 0) is 14.8 Å². The van der Waals surface area contributed by atoms with Crippen LogP contribution >= 0.6 is 0 Å². The minimum absolute atomic E-state index is 0.0168. The number of carbonyl (C=O) groups excluding carboxylic acids is 1. The van der Waals surface area contributed by atoms with Crippen LogP contribution in [0.25, 0.3) is 6.08 Å². The molecule has 0 bridgehead atoms. The van der Waals surface area contributed by atoms with Crippen molar-refractivity contribution in [2.45, 2.75) is 29.8 Å². The van der Waals surface area contributed by atoms with E-state index in [1.807, 2.05) is 23.1 Å². The topological polar surface area (TPSA) is 69.7 Å². The number of nitrogens with one attached hydrogen (secondary N) is 1. The Morgan fingerprint density at radius 2 is 1.73 bits per heavy atom. The molecule has 4 rings (SSSR count). The molecule has 1 heterocycles. The minimum Gasteiger partial charge on any atom is -0.330 e. The SMILES string of the molecule is CN1CCN(C(=O)/C=C/c2ccc(S(=O)(=O)NC3CC3)cc2)C(c2ccccc2)C1. The summed E-state index contributed by atoms with van der Waals surface area (Å²) < 4.78 is 27.2. The molecule has 1 saturated heterocycles. The van der Waals surface area contributed by atoms with E-state index in [2.05, 4.69) is 28.8 Å². The first-order valence-electron chi connectivity index (χ1n) is 10.3. The summed E-state index contributed by atoms with van der Waals surface area (Å²) in [4.78, 5) is 17.3. The Morgan fingerprint density at radius 3 is 2.40 bits per heavy atom. The van der Waals surface area contributed by atoms with Crippen LogP contribution in [0, 0.1) is 0 Å². The molecule has 0 spiro atoms. The first kappa shape index (κ1) is 20.8. The normalized spacial score (nSPS) is 20.6. The van der Waals surface area contributed by atoms with E-state index < -0.39 is 10.0 Å². The van der Waals surface area contributed by atoms with Gasteiger partial charge in [0.25, 0.3) is 0 Å². The number of sulfonamides is 1. The van der Waals surface area contributed by atoms with E-state index in [9.17, 15) is 13.2 Å². The first-order chi connectivity index (χ1) is 14.4. The van der Waals surface area contributed by atoms with Gasteiger partial charge in [0.15, 0.2) is 0 Å². The molecule has 7 heteroatoms. The van der Waals surface area contributed by atoms with Crippen LogP contribution < -0.4 is 4.72 Å². The zero-order valence-electron chi connectivity index (χ0n) is 17.1. The maximum absolute atomic E-state index is 12.9. The summed E-state index contributed by atoms with van der Waals surface area (Å²) >= 11 is 0. The van der Waals surface area contributed by atoms with Gasteiger partial charge in [-0.05, 0) is 49.2 Å². The van der Waals surface area contributed by atoms with Crippen LogP contribution in [0.5, 0.6) is 0 Å². The van der Waals surface area contributed by atoms with Gasteiger partial charge in [-0.3, -0.25) is 4.79 Å². The van der Waals surface area contributed by atoms with Crippen LogP contribution in [0.4, 0.5) is 0 Å². The second-order valence-corrected chi connectivity index (χ2v) is 9.73. The highest BCUT2D eigenvalue weighted by atomic mass is 32.2. The van der Waals surface area contributed by atoms with E-state index in [4.69, 9.17) is 0 Å². The van der Waals surface area contributed by atoms with Crippen molar-refractivity contribution >= 4 is 22.0 Å². The standard InChI is InChI=1S/C23H27N3O3S/c1-25-15-16-26(22(17-25)19-5-3-2-4-6-19)23(27)14-9-18-7-12-21(13-8-18)30(28,29)24-20-10-11-20/h2-9,12-14,20,22,24H,10-11,15-17H2,1H3/b14-9+. The summed E-state index contributed by atoms with van der Waals surface area (Å²) in [6, 6.07) is 16.8. The Hall–Kier alpha value is -2.48. The van der Waals surface area contributed by atoms with Crippen LogP contribution in [-0.4, -0.2) is 56.8 Å². The van der Waals surface area contributed by atoms with E-state index in [1.165, 1.54) is 0 Å². The molecule has 2 aromatic carbocycles. The van der Waals surface area contributed by atoms with Gasteiger partial charge in [-0.15, -0.1) is 0 Å². The third-order valence-electron chi connectivity index (χ3n) is 5.56. The Bertz CT molecular complexity index is 1020. The van der Waals surface area contributed by atoms with Crippen molar-refractivity contribution in [2.75, 3.05) is 26.7 Å². The minimum atomic E-state index is -3.46. The lowest BCUT2D eigenvalue weighted by Gasteiger charge is -2.39. The highest BCUT2D eigenvalue weighted by Gasteiger charge is 2.29. The summed E-state index contributed by atoms with van der Waals surface area (Å²) in [6.07, 6.45) is 5.12. The maximum Gasteiger partial charge on any atom is 0.247 e. The van der Waals surface area contributed by atoms with Crippen molar-refractivity contribution in [2.24, 2.45) is 0 Å². The molecule has 1 unspecified atom stereocenters. The summed E-state index contributed by atoms with van der Waals surface area (Å²) in [5, 5.41) is 0. The molecule has 0 aromatic heterocycles. The second kappa shape index (κ2) is 8.71. The molecule has 30 heavy (non-hydrogen) atoms. The number of likely N-dealkylation sites (N-methyl/N-ethyl adjacent to an activating group) is 1. The number of piperazine rings is 1. The van der Waals surface area contributed by atoms with Crippen molar-refractivity contribution in [3.8, 4) is 0 Å². The average molecular weight is 426 g/mol. The van der Waals surface area contributed by atoms with Crippen molar-refractivity contribution < 1.29 is 13.2 Å². The largest absolute Gasteiger partial charge is 0.330 e. The molecule has 1 N–H and O–H groups in total. The van der Waals surface area contributed by atoms with Gasteiger partial charge >= 0.3 is 0 Å². The summed E-state index contributed by atoms with van der Waals surface area (Å²) in [5.74, 6) is -0.0379. The highest BCUT2D eigenvalue weighted by molar-refractivity contribution is 7.89. The average Bonchev–Trinajstić information content (AvgIpc) is 3.56. The van der Waals surface area contributed by atoms with Crippen molar-refractivity contribution in [1.29, 1.82) is 0 Å². The molecule has 1 amide bonds. The molecular formula is C23H27N3O3S. The van der Waals surface area contributed by atoms with Crippen LogP contribution in [0.15, 0.2) is 65.6 Å². The van der Waals surface area contributed by atoms with Gasteiger partial charge < -0.3 is 9.80 Å². The van der Waals surface area contributed by atoms with Crippen molar-refractivity contribution in [3.05, 3.63) is 71.8 Å². The Morgan fingerprint density at radius 1 is 1.03 bits per heavy atom. The molecule has 2 aliphatic rings. The van der Waals surface area contributed by atoms with Gasteiger partial charge in [0, 0.05) is 31.8 Å². The number of rotatable bonds is 6. The second-order valence-electron chi connectivity index (χ2n) is 8.02. The summed E-state index contributed by atoms with van der Waals surface area (Å²) in [5.41, 5.74) is 1.92. The van der Waals surface area contributed by atoms with Gasteiger partial charge in [0.1, 0.15) is 0 Å². The lowest BCUT2D eigenvalue weighted by Crippen LogP contribution is -2.48. The fourth-order valence-corrected chi connectivity index (χ4v) is 4.96. The monoisotopic (exact) mass is 425 g/mol. The summed E-state index contributed by atoms with van der Waals surface area (Å²) in [7, 11) is -1.39. The van der Waals surface area contributed by atoms with Gasteiger partial charge in [-0.25, -0.2) is 13.1 Å². The van der Waals surface area contributed by atoms with Gasteiger partial charge in [0.2, 0.25) is 15.9 Å². The van der Waals surface area contributed by atoms with E-state index in [0.29, 0.717) is 6.54 Å². The number of nitrogens with zero attached hydrogens (tertiary/aromatic N) is 2. The predicted octanol–water partition coefficient (Wildman–Crippen LogP) is 2.66. The maximum atomic E-state index is 12.9. The molecule has 0 radical (unpaired) electrons. The molecule has 1 atom stereocenters. The van der Waals surface area contributed by atoms with E-state index >= 15 is 0 Å². The molecule has 1 saturated carbocycles. The zero-order chi connectivity index (χ0) is 21.1. The molecule has 1 aliphatic heterocycles. The Kier molecular flexibility index (Phi) is 6.04. The third kappa shape index (κ3) is 4.98. The highest BCUT2D eigenvalue weighted by Crippen LogP contribution is 2.25. The Balaban J connectivity index is 1.45. The summed E-state index contributed by atoms with van der Waals surface area (Å²) in [6.45, 7) is 2.30. The quantitative estimate of drug-likeness (QED) is 0.723. The van der Waals surface area contributed by atoms with E-state index in [0.717, 1.165) is 37.1 Å². The van der Waals surface area contributed by atoms with Crippen LogP contribution in [0.3, 0.4) is 0 Å². The molecule has 1 aliphatic carbocycles. The Labute approximate surface area is 178 Å². The number of hydrogen-bond donors (Lipinski definition) is 1. The zero-order valence-corrected chi connectivity index (χ0v) is 17.9. The van der Waals surface area contributed by atoms with E-state index in [-0.39, 0.29) is 22.9 Å². The first-order valence-corrected chi connectivity index (χ1v) is 11.8. The number of benzene rings is 2. The van der Waals surface area contributed by atoms with Crippen LogP contribution in [0.2, 0.25) is 0 Å². The van der Waals surface area contributed by atoms with Crippen molar-refractivity contribution in [3.63, 3.8) is 0 Å². The van der Waals surface area contributed by atoms with E-state index in [1.54, 1.807) is 36.4 Å². The fraction of sp³-hybridized carbons (Fsp3) is 0.348. The van der Waals surface area contributed by atoms with Gasteiger partial charge in [-0.2, -0.15) is 0 Å². The van der Waals surface area contributed by atoms with Crippen molar-refractivity contribution in [1.82, 2.24) is 14.5 Å². The number of hydrogen-bond acceptors (Lipinski definition) is 4. The molecular weight excluding hydrogens is 398 g/mol. The van der Waals surface area contributed by atoms with Gasteiger partial charge in [-0.1, -0.05) is 42.5 Å². The predicted molar refractivity (Wildman–Crippen MR) is 117 cm³/mol. The lowest BCUT2D eigenvalue weighted by molar-refractivity contribution is -0.130. The molecule has 2 fully saturated rings. The molecule has 158 valence electrons.